The molecule has 0 bridgehead atoms. The molecule has 3 heterocycles. The van der Waals surface area contributed by atoms with Gasteiger partial charge < -0.3 is 19.7 Å². The summed E-state index contributed by atoms with van der Waals surface area (Å²) in [7, 11) is 0. The number of aromatic nitrogens is 2. The lowest BCUT2D eigenvalue weighted by atomic mass is 10.2. The largest absolute Gasteiger partial charge is 0.486 e. The first-order chi connectivity index (χ1) is 14.7. The van der Waals surface area contributed by atoms with Crippen molar-refractivity contribution in [1.29, 1.82) is 0 Å². The fourth-order valence-corrected chi connectivity index (χ4v) is 5.41. The number of anilines is 2. The average molecular weight is 461 g/mol. The molecule has 1 aliphatic heterocycles. The minimum absolute atomic E-state index is 0.0111. The summed E-state index contributed by atoms with van der Waals surface area (Å²) in [6.45, 7) is 1.57. The van der Waals surface area contributed by atoms with Crippen LogP contribution in [0, 0.1) is 0 Å². The lowest BCUT2D eigenvalue weighted by molar-refractivity contribution is -0.116. The SMILES string of the molecule is O=C(CSc1nnc(NC2CC2)s1)N(Cc1cccs1)c1ccc2c(c1)OCCO2. The highest BCUT2D eigenvalue weighted by atomic mass is 32.2. The van der Waals surface area contributed by atoms with Crippen LogP contribution < -0.4 is 19.7 Å². The third-order valence-electron chi connectivity index (χ3n) is 4.66. The number of ether oxygens (including phenoxy) is 2. The number of nitrogens with one attached hydrogen (secondary N) is 1. The number of hydrogen-bond donors (Lipinski definition) is 1. The molecule has 1 fully saturated rings. The van der Waals surface area contributed by atoms with E-state index in [1.165, 1.54) is 35.9 Å². The van der Waals surface area contributed by atoms with E-state index < -0.39 is 0 Å². The van der Waals surface area contributed by atoms with Crippen molar-refractivity contribution >= 4 is 51.2 Å². The van der Waals surface area contributed by atoms with Gasteiger partial charge in [0.15, 0.2) is 15.8 Å². The number of rotatable bonds is 8. The van der Waals surface area contributed by atoms with Gasteiger partial charge in [0.05, 0.1) is 12.3 Å². The van der Waals surface area contributed by atoms with Gasteiger partial charge >= 0.3 is 0 Å². The Morgan fingerprint density at radius 3 is 2.87 bits per heavy atom. The molecular weight excluding hydrogens is 440 g/mol. The highest BCUT2D eigenvalue weighted by Gasteiger charge is 2.23. The van der Waals surface area contributed by atoms with Crippen molar-refractivity contribution in [1.82, 2.24) is 10.2 Å². The number of amides is 1. The van der Waals surface area contributed by atoms with Gasteiger partial charge in [-0.1, -0.05) is 29.2 Å². The second-order valence-electron chi connectivity index (χ2n) is 6.97. The summed E-state index contributed by atoms with van der Waals surface area (Å²) in [6.07, 6.45) is 2.38. The van der Waals surface area contributed by atoms with Gasteiger partial charge in [0.25, 0.3) is 0 Å². The number of benzene rings is 1. The van der Waals surface area contributed by atoms with Crippen molar-refractivity contribution in [2.75, 3.05) is 29.2 Å². The van der Waals surface area contributed by atoms with Gasteiger partial charge in [-0.3, -0.25) is 4.79 Å². The molecule has 0 unspecified atom stereocenters. The first kappa shape index (κ1) is 19.7. The van der Waals surface area contributed by atoms with E-state index in [1.807, 2.05) is 35.7 Å². The summed E-state index contributed by atoms with van der Waals surface area (Å²) in [6, 6.07) is 10.2. The third kappa shape index (κ3) is 4.71. The van der Waals surface area contributed by atoms with Gasteiger partial charge in [-0.05, 0) is 36.4 Å². The Labute approximate surface area is 186 Å². The van der Waals surface area contributed by atoms with Crippen LogP contribution in [-0.2, 0) is 11.3 Å². The van der Waals surface area contributed by atoms with E-state index in [4.69, 9.17) is 9.47 Å². The fraction of sp³-hybridized carbons (Fsp3) is 0.350. The molecule has 30 heavy (non-hydrogen) atoms. The maximum absolute atomic E-state index is 13.2. The molecule has 1 saturated carbocycles. The van der Waals surface area contributed by atoms with E-state index in [2.05, 4.69) is 15.5 Å². The monoisotopic (exact) mass is 460 g/mol. The van der Waals surface area contributed by atoms with Crippen molar-refractivity contribution in [2.24, 2.45) is 0 Å². The van der Waals surface area contributed by atoms with Crippen molar-refractivity contribution in [3.05, 3.63) is 40.6 Å². The Morgan fingerprint density at radius 2 is 2.07 bits per heavy atom. The normalized spacial score (nSPS) is 15.1. The van der Waals surface area contributed by atoms with Crippen LogP contribution in [0.3, 0.4) is 0 Å². The first-order valence-corrected chi connectivity index (χ1v) is 12.4. The summed E-state index contributed by atoms with van der Waals surface area (Å²) >= 11 is 4.56. The highest BCUT2D eigenvalue weighted by Crippen LogP contribution is 2.35. The summed E-state index contributed by atoms with van der Waals surface area (Å²) in [5.41, 5.74) is 0.798. The highest BCUT2D eigenvalue weighted by molar-refractivity contribution is 8.01. The van der Waals surface area contributed by atoms with Crippen molar-refractivity contribution in [2.45, 2.75) is 29.8 Å². The lowest BCUT2D eigenvalue weighted by Crippen LogP contribution is -2.31. The number of fused-ring (bicyclic) bond motifs is 1. The molecule has 1 amide bonds. The Hall–Kier alpha value is -2.30. The standard InChI is InChI=1S/C20H20N4O3S3/c25-18(12-29-20-23-22-19(30-20)21-13-3-4-13)24(11-15-2-1-9-28-15)14-5-6-16-17(10-14)27-8-7-26-16/h1-2,5-6,9-10,13H,3-4,7-8,11-12H2,(H,21,22). The molecule has 1 aliphatic carbocycles. The zero-order chi connectivity index (χ0) is 20.3. The van der Waals surface area contributed by atoms with E-state index in [9.17, 15) is 4.79 Å². The molecule has 156 valence electrons. The number of carbonyl (C=O) groups is 1. The van der Waals surface area contributed by atoms with Crippen molar-refractivity contribution < 1.29 is 14.3 Å². The molecule has 5 rings (SSSR count). The van der Waals surface area contributed by atoms with E-state index in [-0.39, 0.29) is 11.7 Å². The van der Waals surface area contributed by atoms with E-state index in [1.54, 1.807) is 16.2 Å². The first-order valence-electron chi connectivity index (χ1n) is 9.70. The summed E-state index contributed by atoms with van der Waals surface area (Å²) in [5.74, 6) is 1.69. The van der Waals surface area contributed by atoms with E-state index in [0.717, 1.165) is 20.0 Å². The molecule has 0 saturated heterocycles. The lowest BCUT2D eigenvalue weighted by Gasteiger charge is -2.25. The molecule has 1 N–H and O–H groups in total. The van der Waals surface area contributed by atoms with Gasteiger partial charge in [0.2, 0.25) is 11.0 Å². The van der Waals surface area contributed by atoms with Crippen LogP contribution in [0.1, 0.15) is 17.7 Å². The van der Waals surface area contributed by atoms with Crippen LogP contribution in [0.5, 0.6) is 11.5 Å². The maximum Gasteiger partial charge on any atom is 0.237 e. The number of hydrogen-bond acceptors (Lipinski definition) is 9. The molecule has 2 aromatic heterocycles. The second kappa shape index (κ2) is 8.83. The van der Waals surface area contributed by atoms with Crippen LogP contribution in [0.4, 0.5) is 10.8 Å². The Morgan fingerprint density at radius 1 is 1.20 bits per heavy atom. The number of thiophene rings is 1. The molecule has 0 radical (unpaired) electrons. The molecule has 10 heteroatoms. The van der Waals surface area contributed by atoms with Crippen LogP contribution in [0.2, 0.25) is 0 Å². The molecule has 0 atom stereocenters. The zero-order valence-electron chi connectivity index (χ0n) is 16.1. The molecule has 7 nitrogen and oxygen atoms in total. The predicted molar refractivity (Wildman–Crippen MR) is 120 cm³/mol. The summed E-state index contributed by atoms with van der Waals surface area (Å²) in [4.78, 5) is 16.1. The van der Waals surface area contributed by atoms with Crippen LogP contribution >= 0.6 is 34.4 Å². The van der Waals surface area contributed by atoms with Crippen molar-refractivity contribution in [3.63, 3.8) is 0 Å². The number of carbonyl (C=O) groups excluding carboxylic acids is 1. The van der Waals surface area contributed by atoms with Gasteiger partial charge in [0, 0.05) is 22.7 Å². The van der Waals surface area contributed by atoms with E-state index in [0.29, 0.717) is 37.3 Å². The smallest absolute Gasteiger partial charge is 0.237 e. The average Bonchev–Trinajstić information content (AvgIpc) is 3.23. The Bertz CT molecular complexity index is 1020. The Balaban J connectivity index is 1.30. The van der Waals surface area contributed by atoms with Gasteiger partial charge in [-0.2, -0.15) is 0 Å². The molecule has 0 spiro atoms. The molecule has 3 aromatic rings. The number of thioether (sulfide) groups is 1. The predicted octanol–water partition coefficient (Wildman–Crippen LogP) is 4.27. The minimum Gasteiger partial charge on any atom is -0.486 e. The second-order valence-corrected chi connectivity index (χ2v) is 10.2. The van der Waals surface area contributed by atoms with Gasteiger partial charge in [-0.15, -0.1) is 21.5 Å². The quantitative estimate of drug-likeness (QED) is 0.503. The van der Waals surface area contributed by atoms with Gasteiger partial charge in [-0.25, -0.2) is 0 Å². The molecule has 2 aliphatic rings. The van der Waals surface area contributed by atoms with Crippen molar-refractivity contribution in [3.8, 4) is 11.5 Å². The van der Waals surface area contributed by atoms with Crippen LogP contribution in [-0.4, -0.2) is 41.1 Å². The minimum atomic E-state index is 0.0111. The maximum atomic E-state index is 13.2. The summed E-state index contributed by atoms with van der Waals surface area (Å²) < 4.78 is 12.1. The summed E-state index contributed by atoms with van der Waals surface area (Å²) in [5, 5.41) is 14.6. The van der Waals surface area contributed by atoms with E-state index >= 15 is 0 Å². The van der Waals surface area contributed by atoms with Gasteiger partial charge in [0.1, 0.15) is 13.2 Å². The van der Waals surface area contributed by atoms with Crippen LogP contribution in [0.15, 0.2) is 40.1 Å². The fourth-order valence-electron chi connectivity index (χ4n) is 3.01. The third-order valence-corrected chi connectivity index (χ3v) is 7.50. The molecule has 1 aromatic carbocycles. The topological polar surface area (TPSA) is 76.6 Å². The number of nitrogens with zero attached hydrogens (tertiary/aromatic N) is 3. The molecular formula is C20H20N4O3S3. The Kier molecular flexibility index (Phi) is 5.78. The van der Waals surface area contributed by atoms with Crippen LogP contribution in [0.25, 0.3) is 0 Å². The zero-order valence-corrected chi connectivity index (χ0v) is 18.5.